The van der Waals surface area contributed by atoms with Crippen molar-refractivity contribution < 1.29 is 4.92 Å². The molecule has 0 bridgehead atoms. The lowest BCUT2D eigenvalue weighted by molar-refractivity contribution is -0.384. The number of hydrogen-bond acceptors (Lipinski definition) is 3. The van der Waals surface area contributed by atoms with Crippen LogP contribution in [0, 0.1) is 10.1 Å². The van der Waals surface area contributed by atoms with Crippen molar-refractivity contribution in [2.45, 2.75) is 0 Å². The van der Waals surface area contributed by atoms with Gasteiger partial charge in [0, 0.05) is 17.8 Å². The van der Waals surface area contributed by atoms with Crippen molar-refractivity contribution in [3.8, 4) is 22.4 Å². The first-order valence-corrected chi connectivity index (χ1v) is 6.51. The molecule has 1 heterocycles. The fourth-order valence-corrected chi connectivity index (χ4v) is 2.24. The number of para-hydroxylation sites is 1. The maximum absolute atomic E-state index is 11.1. The Morgan fingerprint density at radius 2 is 1.57 bits per heavy atom. The standard InChI is InChI=1S/C17H12N2O2/c20-19(21)17-9-5-4-8-15(17)14-10-11-18-16(12-14)13-6-2-1-3-7-13/h1-12H. The van der Waals surface area contributed by atoms with E-state index >= 15 is 0 Å². The van der Waals surface area contributed by atoms with Crippen LogP contribution in [0.2, 0.25) is 0 Å². The number of nitro groups is 1. The molecule has 3 aromatic rings. The van der Waals surface area contributed by atoms with Gasteiger partial charge in [-0.1, -0.05) is 42.5 Å². The van der Waals surface area contributed by atoms with E-state index in [9.17, 15) is 10.1 Å². The summed E-state index contributed by atoms with van der Waals surface area (Å²) in [6.45, 7) is 0. The molecule has 21 heavy (non-hydrogen) atoms. The number of nitro benzene ring substituents is 1. The minimum Gasteiger partial charge on any atom is -0.258 e. The van der Waals surface area contributed by atoms with Crippen LogP contribution >= 0.6 is 0 Å². The van der Waals surface area contributed by atoms with Gasteiger partial charge in [0.15, 0.2) is 0 Å². The summed E-state index contributed by atoms with van der Waals surface area (Å²) in [6.07, 6.45) is 1.67. The van der Waals surface area contributed by atoms with Crippen molar-refractivity contribution in [1.29, 1.82) is 0 Å². The van der Waals surface area contributed by atoms with Crippen molar-refractivity contribution in [2.75, 3.05) is 0 Å². The van der Waals surface area contributed by atoms with Crippen molar-refractivity contribution in [3.63, 3.8) is 0 Å². The monoisotopic (exact) mass is 276 g/mol. The number of aromatic nitrogens is 1. The summed E-state index contributed by atoms with van der Waals surface area (Å²) in [4.78, 5) is 15.1. The van der Waals surface area contributed by atoms with Gasteiger partial charge in [-0.15, -0.1) is 0 Å². The first kappa shape index (κ1) is 13.0. The van der Waals surface area contributed by atoms with E-state index in [2.05, 4.69) is 4.98 Å². The van der Waals surface area contributed by atoms with Crippen LogP contribution in [0.1, 0.15) is 0 Å². The van der Waals surface area contributed by atoms with Crippen LogP contribution in [0.3, 0.4) is 0 Å². The molecule has 0 aliphatic heterocycles. The zero-order chi connectivity index (χ0) is 14.7. The summed E-state index contributed by atoms with van der Waals surface area (Å²) in [6, 6.07) is 20.1. The summed E-state index contributed by atoms with van der Waals surface area (Å²) in [7, 11) is 0. The predicted molar refractivity (Wildman–Crippen MR) is 81.8 cm³/mol. The van der Waals surface area contributed by atoms with Crippen LogP contribution in [0.5, 0.6) is 0 Å². The number of benzene rings is 2. The first-order chi connectivity index (χ1) is 10.3. The van der Waals surface area contributed by atoms with Crippen molar-refractivity contribution in [1.82, 2.24) is 4.98 Å². The Kier molecular flexibility index (Phi) is 3.43. The predicted octanol–water partition coefficient (Wildman–Crippen LogP) is 4.32. The van der Waals surface area contributed by atoms with Gasteiger partial charge < -0.3 is 0 Å². The normalized spacial score (nSPS) is 10.3. The molecule has 0 radical (unpaired) electrons. The third-order valence-electron chi connectivity index (χ3n) is 3.24. The fourth-order valence-electron chi connectivity index (χ4n) is 2.24. The number of hydrogen-bond donors (Lipinski definition) is 0. The van der Waals surface area contributed by atoms with Crippen molar-refractivity contribution >= 4 is 5.69 Å². The lowest BCUT2D eigenvalue weighted by Gasteiger charge is -2.06. The van der Waals surface area contributed by atoms with Crippen LogP contribution in [0.25, 0.3) is 22.4 Å². The van der Waals surface area contributed by atoms with Gasteiger partial charge in [-0.05, 0) is 23.8 Å². The largest absolute Gasteiger partial charge is 0.277 e. The van der Waals surface area contributed by atoms with Gasteiger partial charge in [0.05, 0.1) is 16.2 Å². The van der Waals surface area contributed by atoms with Crippen LogP contribution in [-0.4, -0.2) is 9.91 Å². The summed E-state index contributed by atoms with van der Waals surface area (Å²) in [5.74, 6) is 0. The highest BCUT2D eigenvalue weighted by molar-refractivity contribution is 5.76. The highest BCUT2D eigenvalue weighted by atomic mass is 16.6. The molecule has 0 spiro atoms. The zero-order valence-corrected chi connectivity index (χ0v) is 11.1. The van der Waals surface area contributed by atoms with Gasteiger partial charge in [0.1, 0.15) is 0 Å². The molecule has 0 saturated carbocycles. The van der Waals surface area contributed by atoms with Crippen LogP contribution in [0.4, 0.5) is 5.69 Å². The van der Waals surface area contributed by atoms with E-state index in [0.29, 0.717) is 5.56 Å². The molecule has 4 nitrogen and oxygen atoms in total. The van der Waals surface area contributed by atoms with Gasteiger partial charge >= 0.3 is 0 Å². The van der Waals surface area contributed by atoms with E-state index in [1.807, 2.05) is 36.4 Å². The van der Waals surface area contributed by atoms with E-state index in [-0.39, 0.29) is 10.6 Å². The first-order valence-electron chi connectivity index (χ1n) is 6.51. The number of rotatable bonds is 3. The maximum atomic E-state index is 11.1. The van der Waals surface area contributed by atoms with E-state index in [1.165, 1.54) is 6.07 Å². The Morgan fingerprint density at radius 3 is 2.33 bits per heavy atom. The smallest absolute Gasteiger partial charge is 0.258 e. The number of nitrogens with zero attached hydrogens (tertiary/aromatic N) is 2. The molecule has 0 fully saturated rings. The topological polar surface area (TPSA) is 56.0 Å². The molecular weight excluding hydrogens is 264 g/mol. The molecule has 102 valence electrons. The van der Waals surface area contributed by atoms with Crippen molar-refractivity contribution in [3.05, 3.63) is 83.0 Å². The third-order valence-corrected chi connectivity index (χ3v) is 3.24. The molecule has 0 amide bonds. The highest BCUT2D eigenvalue weighted by Gasteiger charge is 2.14. The second kappa shape index (κ2) is 5.54. The molecule has 0 N–H and O–H groups in total. The lowest BCUT2D eigenvalue weighted by atomic mass is 10.0. The molecule has 0 aliphatic carbocycles. The molecule has 4 heteroatoms. The molecule has 2 aromatic carbocycles. The van der Waals surface area contributed by atoms with Crippen LogP contribution < -0.4 is 0 Å². The summed E-state index contributed by atoms with van der Waals surface area (Å²) in [5, 5.41) is 11.1. The summed E-state index contributed by atoms with van der Waals surface area (Å²) >= 11 is 0. The Labute approximate surface area is 121 Å². The Balaban J connectivity index is 2.11. The summed E-state index contributed by atoms with van der Waals surface area (Å²) < 4.78 is 0. The highest BCUT2D eigenvalue weighted by Crippen LogP contribution is 2.31. The van der Waals surface area contributed by atoms with Gasteiger partial charge in [-0.3, -0.25) is 15.1 Å². The second-order valence-electron chi connectivity index (χ2n) is 4.57. The molecular formula is C17H12N2O2. The molecule has 0 aliphatic rings. The average Bonchev–Trinajstić information content (AvgIpc) is 2.56. The maximum Gasteiger partial charge on any atom is 0.277 e. The van der Waals surface area contributed by atoms with Gasteiger partial charge in [0.2, 0.25) is 0 Å². The second-order valence-corrected chi connectivity index (χ2v) is 4.57. The fraction of sp³-hybridized carbons (Fsp3) is 0. The van der Waals surface area contributed by atoms with E-state index in [1.54, 1.807) is 30.5 Å². The number of pyridine rings is 1. The molecule has 3 rings (SSSR count). The van der Waals surface area contributed by atoms with Crippen LogP contribution in [-0.2, 0) is 0 Å². The average molecular weight is 276 g/mol. The van der Waals surface area contributed by atoms with Crippen molar-refractivity contribution in [2.24, 2.45) is 0 Å². The summed E-state index contributed by atoms with van der Waals surface area (Å²) in [5.41, 5.74) is 3.27. The van der Waals surface area contributed by atoms with Gasteiger partial charge in [-0.2, -0.15) is 0 Å². The van der Waals surface area contributed by atoms with E-state index in [0.717, 1.165) is 16.8 Å². The Morgan fingerprint density at radius 1 is 0.857 bits per heavy atom. The zero-order valence-electron chi connectivity index (χ0n) is 11.1. The van der Waals surface area contributed by atoms with Gasteiger partial charge in [0.25, 0.3) is 5.69 Å². The third kappa shape index (κ3) is 2.65. The van der Waals surface area contributed by atoms with Crippen LogP contribution in [0.15, 0.2) is 72.9 Å². The van der Waals surface area contributed by atoms with E-state index in [4.69, 9.17) is 0 Å². The Bertz CT molecular complexity index is 786. The molecule has 1 aromatic heterocycles. The van der Waals surface area contributed by atoms with Gasteiger partial charge in [-0.25, -0.2) is 0 Å². The lowest BCUT2D eigenvalue weighted by Crippen LogP contribution is -1.92. The quantitative estimate of drug-likeness (QED) is 0.528. The molecule has 0 unspecified atom stereocenters. The minimum atomic E-state index is -0.363. The molecule has 0 saturated heterocycles. The molecule has 0 atom stereocenters. The van der Waals surface area contributed by atoms with E-state index < -0.39 is 0 Å². The Hall–Kier alpha value is -3.01. The SMILES string of the molecule is O=[N+]([O-])c1ccccc1-c1ccnc(-c2ccccc2)c1. The minimum absolute atomic E-state index is 0.0997.